The van der Waals surface area contributed by atoms with E-state index in [1.807, 2.05) is 41.9 Å². The minimum atomic E-state index is 0.713. The highest BCUT2D eigenvalue weighted by Gasteiger charge is 2.26. The van der Waals surface area contributed by atoms with E-state index in [9.17, 15) is 5.26 Å². The molecule has 132 valence electrons. The van der Waals surface area contributed by atoms with Crippen molar-refractivity contribution in [2.75, 3.05) is 33.2 Å². The number of nitriles is 1. The van der Waals surface area contributed by atoms with Gasteiger partial charge in [0.2, 0.25) is 0 Å². The molecule has 1 atom stereocenters. The van der Waals surface area contributed by atoms with Gasteiger partial charge in [-0.3, -0.25) is 4.90 Å². The average Bonchev–Trinajstić information content (AvgIpc) is 3.19. The molecule has 5 heteroatoms. The van der Waals surface area contributed by atoms with E-state index in [1.54, 1.807) is 0 Å². The Hall–Kier alpha value is -2.16. The summed E-state index contributed by atoms with van der Waals surface area (Å²) in [6.45, 7) is 9.33. The molecular formula is C20H27N5. The Morgan fingerprint density at radius 1 is 1.32 bits per heavy atom. The predicted molar refractivity (Wildman–Crippen MR) is 99.6 cm³/mol. The summed E-state index contributed by atoms with van der Waals surface area (Å²) in [5.74, 6) is 0.713. The molecule has 0 spiro atoms. The highest BCUT2D eigenvalue weighted by molar-refractivity contribution is 5.43. The lowest BCUT2D eigenvalue weighted by Crippen LogP contribution is -2.28. The van der Waals surface area contributed by atoms with Gasteiger partial charge in [0.1, 0.15) is 6.07 Å². The zero-order valence-electron chi connectivity index (χ0n) is 15.4. The molecule has 2 heterocycles. The number of rotatable bonds is 6. The van der Waals surface area contributed by atoms with Gasteiger partial charge < -0.3 is 4.90 Å². The van der Waals surface area contributed by atoms with Crippen molar-refractivity contribution in [3.8, 4) is 11.8 Å². The van der Waals surface area contributed by atoms with E-state index >= 15 is 0 Å². The molecule has 5 nitrogen and oxygen atoms in total. The van der Waals surface area contributed by atoms with Gasteiger partial charge in [0, 0.05) is 19.6 Å². The van der Waals surface area contributed by atoms with Crippen LogP contribution in [0.15, 0.2) is 30.3 Å². The number of nitrogens with zero attached hydrogens (tertiary/aromatic N) is 5. The number of hydrogen-bond donors (Lipinski definition) is 0. The van der Waals surface area contributed by atoms with Crippen LogP contribution in [0.25, 0.3) is 5.69 Å². The maximum atomic E-state index is 9.61. The third kappa shape index (κ3) is 3.92. The summed E-state index contributed by atoms with van der Waals surface area (Å²) in [6, 6.07) is 12.5. The number of para-hydroxylation sites is 1. The van der Waals surface area contributed by atoms with E-state index in [1.165, 1.54) is 6.42 Å². The summed E-state index contributed by atoms with van der Waals surface area (Å²) in [7, 11) is 2.18. The van der Waals surface area contributed by atoms with Crippen LogP contribution in [0.1, 0.15) is 30.3 Å². The summed E-state index contributed by atoms with van der Waals surface area (Å²) in [4.78, 5) is 4.85. The fraction of sp³-hybridized carbons (Fsp3) is 0.500. The Kier molecular flexibility index (Phi) is 5.52. The average molecular weight is 337 g/mol. The van der Waals surface area contributed by atoms with Gasteiger partial charge in [-0.15, -0.1) is 0 Å². The third-order valence-electron chi connectivity index (χ3n) is 5.12. The molecular weight excluding hydrogens is 310 g/mol. The van der Waals surface area contributed by atoms with Crippen molar-refractivity contribution in [2.45, 2.75) is 26.8 Å². The van der Waals surface area contributed by atoms with Crippen LogP contribution < -0.4 is 0 Å². The van der Waals surface area contributed by atoms with E-state index in [0.717, 1.165) is 55.4 Å². The summed E-state index contributed by atoms with van der Waals surface area (Å²) < 4.78 is 1.94. The Bertz CT molecular complexity index is 743. The second kappa shape index (κ2) is 7.81. The third-order valence-corrected chi connectivity index (χ3v) is 5.12. The highest BCUT2D eigenvalue weighted by Crippen LogP contribution is 2.24. The van der Waals surface area contributed by atoms with Gasteiger partial charge in [-0.05, 0) is 51.5 Å². The quantitative estimate of drug-likeness (QED) is 0.813. The maximum absolute atomic E-state index is 9.61. The molecule has 0 unspecified atom stereocenters. The van der Waals surface area contributed by atoms with E-state index < -0.39 is 0 Å². The van der Waals surface area contributed by atoms with E-state index in [-0.39, 0.29) is 0 Å². The highest BCUT2D eigenvalue weighted by atomic mass is 15.3. The first-order chi connectivity index (χ1) is 12.1. The van der Waals surface area contributed by atoms with Crippen LogP contribution in [-0.2, 0) is 6.54 Å². The number of benzene rings is 1. The molecule has 3 rings (SSSR count). The molecule has 1 fully saturated rings. The van der Waals surface area contributed by atoms with Gasteiger partial charge in [-0.25, -0.2) is 4.68 Å². The molecule has 0 amide bonds. The molecule has 0 bridgehead atoms. The van der Waals surface area contributed by atoms with Crippen molar-refractivity contribution in [3.05, 3.63) is 47.3 Å². The smallest absolute Gasteiger partial charge is 0.103 e. The van der Waals surface area contributed by atoms with Crippen molar-refractivity contribution in [1.29, 1.82) is 5.26 Å². The van der Waals surface area contributed by atoms with Crippen LogP contribution in [0.5, 0.6) is 0 Å². The van der Waals surface area contributed by atoms with E-state index in [4.69, 9.17) is 0 Å². The largest absolute Gasteiger partial charge is 0.306 e. The first-order valence-corrected chi connectivity index (χ1v) is 9.07. The Balaban J connectivity index is 1.80. The lowest BCUT2D eigenvalue weighted by molar-refractivity contribution is 0.265. The molecule has 1 aliphatic heterocycles. The number of aromatic nitrogens is 2. The van der Waals surface area contributed by atoms with Crippen molar-refractivity contribution < 1.29 is 0 Å². The zero-order valence-corrected chi connectivity index (χ0v) is 15.4. The minimum absolute atomic E-state index is 0.713. The Labute approximate surface area is 150 Å². The van der Waals surface area contributed by atoms with Crippen molar-refractivity contribution >= 4 is 0 Å². The number of likely N-dealkylation sites (tertiary alicyclic amines) is 1. The van der Waals surface area contributed by atoms with Crippen LogP contribution in [0.4, 0.5) is 0 Å². The predicted octanol–water partition coefficient (Wildman–Crippen LogP) is 2.83. The number of aryl methyl sites for hydroxylation is 1. The normalized spacial score (nSPS) is 18.0. The summed E-state index contributed by atoms with van der Waals surface area (Å²) in [6.07, 6.45) is 1.23. The molecule has 1 aliphatic rings. The van der Waals surface area contributed by atoms with Crippen LogP contribution in [-0.4, -0.2) is 52.8 Å². The Morgan fingerprint density at radius 3 is 2.76 bits per heavy atom. The molecule has 0 N–H and O–H groups in total. The fourth-order valence-corrected chi connectivity index (χ4v) is 3.64. The lowest BCUT2D eigenvalue weighted by Gasteiger charge is -2.20. The summed E-state index contributed by atoms with van der Waals surface area (Å²) in [5.41, 5.74) is 3.56. The molecule has 2 aromatic rings. The second-order valence-corrected chi connectivity index (χ2v) is 7.01. The molecule has 0 saturated carbocycles. The van der Waals surface area contributed by atoms with E-state index in [0.29, 0.717) is 5.92 Å². The van der Waals surface area contributed by atoms with Gasteiger partial charge in [0.05, 0.1) is 22.6 Å². The first kappa shape index (κ1) is 17.7. The van der Waals surface area contributed by atoms with Gasteiger partial charge in [-0.1, -0.05) is 25.1 Å². The van der Waals surface area contributed by atoms with E-state index in [2.05, 4.69) is 34.9 Å². The van der Waals surface area contributed by atoms with Crippen LogP contribution >= 0.6 is 0 Å². The molecule has 0 radical (unpaired) electrons. The van der Waals surface area contributed by atoms with Gasteiger partial charge in [0.15, 0.2) is 0 Å². The maximum Gasteiger partial charge on any atom is 0.103 e. The second-order valence-electron chi connectivity index (χ2n) is 7.01. The minimum Gasteiger partial charge on any atom is -0.306 e. The molecule has 1 aromatic heterocycles. The number of hydrogen-bond acceptors (Lipinski definition) is 4. The van der Waals surface area contributed by atoms with Gasteiger partial charge >= 0.3 is 0 Å². The van der Waals surface area contributed by atoms with Gasteiger partial charge in [0.25, 0.3) is 0 Å². The molecule has 1 saturated heterocycles. The fourth-order valence-electron chi connectivity index (χ4n) is 3.64. The van der Waals surface area contributed by atoms with Crippen molar-refractivity contribution in [1.82, 2.24) is 19.6 Å². The lowest BCUT2D eigenvalue weighted by atomic mass is 10.1. The van der Waals surface area contributed by atoms with Gasteiger partial charge in [-0.2, -0.15) is 10.4 Å². The molecule has 25 heavy (non-hydrogen) atoms. The van der Waals surface area contributed by atoms with Crippen molar-refractivity contribution in [2.24, 2.45) is 5.92 Å². The monoisotopic (exact) mass is 337 g/mol. The Morgan fingerprint density at radius 2 is 2.08 bits per heavy atom. The summed E-state index contributed by atoms with van der Waals surface area (Å²) in [5, 5.41) is 14.2. The molecule has 1 aromatic carbocycles. The molecule has 0 aliphatic carbocycles. The van der Waals surface area contributed by atoms with Crippen LogP contribution in [0, 0.1) is 24.2 Å². The topological polar surface area (TPSA) is 48.1 Å². The SMILES string of the molecule is CCN(C)C[C@@H]1CCN(Cc2c(C#N)c(C)nn2-c2ccccc2)C1. The van der Waals surface area contributed by atoms with Crippen molar-refractivity contribution in [3.63, 3.8) is 0 Å². The van der Waals surface area contributed by atoms with Crippen LogP contribution in [0.3, 0.4) is 0 Å². The van der Waals surface area contributed by atoms with Crippen LogP contribution in [0.2, 0.25) is 0 Å². The first-order valence-electron chi connectivity index (χ1n) is 9.07. The summed E-state index contributed by atoms with van der Waals surface area (Å²) >= 11 is 0. The standard InChI is InChI=1S/C20H27N5/c1-4-23(3)13-17-10-11-24(14-17)15-20-19(12-21)16(2)22-25(20)18-8-6-5-7-9-18/h5-9,17H,4,10-11,13-15H2,1-3H3/t17-/m0/s1. The zero-order chi connectivity index (χ0) is 17.8.